The smallest absolute Gasteiger partial charge is 0.335 e. The topological polar surface area (TPSA) is 92.7 Å². The zero-order chi connectivity index (χ0) is 26.6. The molecule has 0 aliphatic carbocycles. The van der Waals surface area contributed by atoms with Crippen molar-refractivity contribution in [2.24, 2.45) is 0 Å². The minimum absolute atomic E-state index is 0.140. The van der Waals surface area contributed by atoms with E-state index in [1.54, 1.807) is 19.2 Å². The minimum Gasteiger partial charge on any atom is -0.496 e. The van der Waals surface area contributed by atoms with Crippen molar-refractivity contribution in [1.82, 2.24) is 0 Å². The summed E-state index contributed by atoms with van der Waals surface area (Å²) in [4.78, 5) is 11.9. The molecule has 3 aromatic carbocycles. The molecule has 0 amide bonds. The Morgan fingerprint density at radius 3 is 1.63 bits per heavy atom. The van der Waals surface area contributed by atoms with Crippen molar-refractivity contribution >= 4 is 5.97 Å². The van der Waals surface area contributed by atoms with E-state index >= 15 is 0 Å². The van der Waals surface area contributed by atoms with Gasteiger partial charge in [-0.05, 0) is 23.3 Å². The van der Waals surface area contributed by atoms with Gasteiger partial charge in [0, 0.05) is 11.1 Å². The van der Waals surface area contributed by atoms with Gasteiger partial charge in [-0.25, -0.2) is 4.79 Å². The first-order valence-corrected chi connectivity index (χ1v) is 12.6. The molecule has 1 heterocycles. The molecule has 0 spiro atoms. The normalized spacial score (nSPS) is 20.1. The number of hydrogen-bond donors (Lipinski definition) is 1. The number of ether oxygens (including phenoxy) is 6. The molecule has 0 saturated carbocycles. The van der Waals surface area contributed by atoms with Gasteiger partial charge in [-0.2, -0.15) is 0 Å². The summed E-state index contributed by atoms with van der Waals surface area (Å²) in [5.41, 5.74) is 3.35. The lowest BCUT2D eigenvalue weighted by molar-refractivity contribution is -0.0646. The maximum atomic E-state index is 11.9. The minimum atomic E-state index is -1.03. The summed E-state index contributed by atoms with van der Waals surface area (Å²) >= 11 is 0. The third-order valence-electron chi connectivity index (χ3n) is 6.18. The van der Waals surface area contributed by atoms with Gasteiger partial charge in [-0.1, -0.05) is 60.7 Å². The fourth-order valence-electron chi connectivity index (χ4n) is 4.32. The van der Waals surface area contributed by atoms with Crippen molar-refractivity contribution < 1.29 is 38.3 Å². The molecule has 38 heavy (non-hydrogen) atoms. The number of hydrogen-bond acceptors (Lipinski definition) is 7. The van der Waals surface area contributed by atoms with Crippen molar-refractivity contribution in [2.75, 3.05) is 46.8 Å². The first-order valence-electron chi connectivity index (χ1n) is 12.6. The molecule has 1 N–H and O–H groups in total. The van der Waals surface area contributed by atoms with Crippen LogP contribution in [0.4, 0.5) is 0 Å². The largest absolute Gasteiger partial charge is 0.496 e. The summed E-state index contributed by atoms with van der Waals surface area (Å²) in [7, 11) is 1.56. The van der Waals surface area contributed by atoms with E-state index in [1.165, 1.54) is 0 Å². The number of benzene rings is 3. The lowest BCUT2D eigenvalue weighted by Crippen LogP contribution is -2.18. The second-order valence-corrected chi connectivity index (χ2v) is 8.82. The van der Waals surface area contributed by atoms with E-state index < -0.39 is 5.97 Å². The van der Waals surface area contributed by atoms with Gasteiger partial charge in [0.15, 0.2) is 0 Å². The Morgan fingerprint density at radius 1 is 0.737 bits per heavy atom. The number of fused-ring (bicyclic) bond motifs is 2. The average Bonchev–Trinajstić information content (AvgIpc) is 2.95. The van der Waals surface area contributed by atoms with Crippen molar-refractivity contribution in [3.05, 3.63) is 101 Å². The molecule has 3 aromatic rings. The zero-order valence-corrected chi connectivity index (χ0v) is 21.5. The van der Waals surface area contributed by atoms with Gasteiger partial charge >= 0.3 is 5.97 Å². The Balaban J connectivity index is 1.58. The Bertz CT molecular complexity index is 1060. The van der Waals surface area contributed by atoms with Crippen molar-refractivity contribution in [3.63, 3.8) is 0 Å². The zero-order valence-electron chi connectivity index (χ0n) is 21.5. The lowest BCUT2D eigenvalue weighted by Gasteiger charge is -2.22. The standard InChI is InChI=1S/C30H34O8/c1-33-29-25-16-24(30(31)32)17-26(29)19-36-21-28(23-10-6-3-7-11-23)38-15-13-34-12-14-37-27(20-35-18-25)22-8-4-2-5-9-22/h2-11,16-17,27-28H,12-15,18-21H2,1H3,(H,31,32)/t27-,28-/m1/s1. The fraction of sp³-hybridized carbons (Fsp3) is 0.367. The highest BCUT2D eigenvalue weighted by atomic mass is 16.6. The molecular formula is C30H34O8. The van der Waals surface area contributed by atoms with Crippen LogP contribution in [0.15, 0.2) is 72.8 Å². The Morgan fingerprint density at radius 2 is 1.21 bits per heavy atom. The van der Waals surface area contributed by atoms with Gasteiger partial charge in [0.05, 0.1) is 65.5 Å². The first-order chi connectivity index (χ1) is 18.7. The van der Waals surface area contributed by atoms with Gasteiger partial charge in [0.1, 0.15) is 18.0 Å². The molecule has 0 aromatic heterocycles. The van der Waals surface area contributed by atoms with E-state index in [0.717, 1.165) is 11.1 Å². The molecule has 202 valence electrons. The summed E-state index contributed by atoms with van der Waals surface area (Å²) in [6.07, 6.45) is -0.623. The van der Waals surface area contributed by atoms with E-state index in [4.69, 9.17) is 28.4 Å². The predicted octanol–water partition coefficient (Wildman–Crippen LogP) is 4.97. The maximum absolute atomic E-state index is 11.9. The fourth-order valence-corrected chi connectivity index (χ4v) is 4.32. The average molecular weight is 523 g/mol. The van der Waals surface area contributed by atoms with Crippen LogP contribution in [0.1, 0.15) is 44.8 Å². The third kappa shape index (κ3) is 7.86. The molecule has 0 saturated heterocycles. The van der Waals surface area contributed by atoms with E-state index in [1.807, 2.05) is 60.7 Å². The summed E-state index contributed by atoms with van der Waals surface area (Å²) in [6.45, 7) is 2.45. The van der Waals surface area contributed by atoms with Gasteiger partial charge < -0.3 is 33.5 Å². The Labute approximate surface area is 223 Å². The van der Waals surface area contributed by atoms with Gasteiger partial charge in [-0.15, -0.1) is 0 Å². The number of carboxylic acid groups (broad SMARTS) is 1. The molecule has 8 heteroatoms. The molecule has 0 radical (unpaired) electrons. The molecule has 0 fully saturated rings. The van der Waals surface area contributed by atoms with E-state index in [9.17, 15) is 9.90 Å². The van der Waals surface area contributed by atoms with Gasteiger partial charge in [0.2, 0.25) is 0 Å². The Kier molecular flexibility index (Phi) is 10.7. The molecule has 2 atom stereocenters. The highest BCUT2D eigenvalue weighted by Gasteiger charge is 2.19. The van der Waals surface area contributed by atoms with Crippen molar-refractivity contribution in [2.45, 2.75) is 25.4 Å². The molecule has 1 aliphatic rings. The third-order valence-corrected chi connectivity index (χ3v) is 6.18. The predicted molar refractivity (Wildman–Crippen MR) is 140 cm³/mol. The summed E-state index contributed by atoms with van der Waals surface area (Å²) in [5.74, 6) is -0.493. The van der Waals surface area contributed by atoms with Crippen LogP contribution in [0.2, 0.25) is 0 Å². The Hall–Kier alpha value is -3.27. The molecule has 1 aliphatic heterocycles. The summed E-state index contributed by atoms with van der Waals surface area (Å²) in [5, 5.41) is 9.72. The lowest BCUT2D eigenvalue weighted by atomic mass is 10.0. The van der Waals surface area contributed by atoms with Gasteiger partial charge in [0.25, 0.3) is 0 Å². The summed E-state index contributed by atoms with van der Waals surface area (Å²) in [6, 6.07) is 22.8. The maximum Gasteiger partial charge on any atom is 0.335 e. The molecule has 8 nitrogen and oxygen atoms in total. The van der Waals surface area contributed by atoms with Crippen LogP contribution in [0.3, 0.4) is 0 Å². The van der Waals surface area contributed by atoms with E-state index in [-0.39, 0.29) is 44.2 Å². The SMILES string of the molecule is COc1c2cc(C(=O)O)cc1COC[C@H](c1ccccc1)OCCOCCO[C@@H](c1ccccc1)COC2. The van der Waals surface area contributed by atoms with Crippen molar-refractivity contribution in [1.29, 1.82) is 0 Å². The van der Waals surface area contributed by atoms with Crippen LogP contribution in [-0.2, 0) is 36.9 Å². The number of carboxylic acids is 1. The quantitative estimate of drug-likeness (QED) is 0.513. The van der Waals surface area contributed by atoms with Crippen LogP contribution >= 0.6 is 0 Å². The van der Waals surface area contributed by atoms with Crippen LogP contribution in [0.25, 0.3) is 0 Å². The molecule has 2 bridgehead atoms. The highest BCUT2D eigenvalue weighted by molar-refractivity contribution is 5.88. The number of methoxy groups -OCH3 is 1. The highest BCUT2D eigenvalue weighted by Crippen LogP contribution is 2.29. The van der Waals surface area contributed by atoms with Crippen LogP contribution in [-0.4, -0.2) is 57.8 Å². The second kappa shape index (κ2) is 14.6. The van der Waals surface area contributed by atoms with Crippen molar-refractivity contribution in [3.8, 4) is 5.75 Å². The number of aromatic carboxylic acids is 1. The monoisotopic (exact) mass is 522 g/mol. The van der Waals surface area contributed by atoms with E-state index in [0.29, 0.717) is 43.3 Å². The number of rotatable bonds is 4. The molecular weight excluding hydrogens is 488 g/mol. The van der Waals surface area contributed by atoms with Crippen LogP contribution in [0, 0.1) is 0 Å². The van der Waals surface area contributed by atoms with Gasteiger partial charge in [-0.3, -0.25) is 0 Å². The summed E-state index contributed by atoms with van der Waals surface area (Å²) < 4.78 is 35.7. The number of carbonyl (C=O) groups is 1. The molecule has 0 unspecified atom stereocenters. The van der Waals surface area contributed by atoms with E-state index in [2.05, 4.69) is 0 Å². The molecule has 4 rings (SSSR count). The van der Waals surface area contributed by atoms with Crippen LogP contribution in [0.5, 0.6) is 5.75 Å². The van der Waals surface area contributed by atoms with Crippen LogP contribution < -0.4 is 4.74 Å². The first kappa shape index (κ1) is 27.8. The second-order valence-electron chi connectivity index (χ2n) is 8.82.